The van der Waals surface area contributed by atoms with Crippen LogP contribution in [0.4, 0.5) is 4.39 Å². The summed E-state index contributed by atoms with van der Waals surface area (Å²) >= 11 is 0. The molecule has 74 valence electrons. The summed E-state index contributed by atoms with van der Waals surface area (Å²) in [6.45, 7) is 0. The molecule has 1 rings (SSSR count). The van der Waals surface area contributed by atoms with Crippen LogP contribution in [0.5, 0.6) is 0 Å². The van der Waals surface area contributed by atoms with Gasteiger partial charge in [0.05, 0.1) is 0 Å². The van der Waals surface area contributed by atoms with Crippen molar-refractivity contribution < 1.29 is 14.0 Å². The average molecular weight is 188 g/mol. The lowest BCUT2D eigenvalue weighted by atomic mass is 10.2. The molecule has 1 aliphatic rings. The van der Waals surface area contributed by atoms with E-state index in [9.17, 15) is 14.0 Å². The van der Waals surface area contributed by atoms with E-state index >= 15 is 0 Å². The van der Waals surface area contributed by atoms with Crippen LogP contribution in [0.1, 0.15) is 19.3 Å². The highest BCUT2D eigenvalue weighted by Gasteiger charge is 2.26. The number of alkyl halides is 1. The molecule has 0 spiro atoms. The van der Waals surface area contributed by atoms with Crippen molar-refractivity contribution in [1.29, 1.82) is 0 Å². The van der Waals surface area contributed by atoms with Crippen LogP contribution in [0.25, 0.3) is 0 Å². The normalized spacial score (nSPS) is 26.9. The van der Waals surface area contributed by atoms with E-state index in [4.69, 9.17) is 0 Å². The number of likely N-dealkylation sites (N-methyl/N-ethyl adjacent to an activating group) is 1. The van der Waals surface area contributed by atoms with E-state index in [1.165, 1.54) is 7.05 Å². The van der Waals surface area contributed by atoms with Gasteiger partial charge < -0.3 is 10.6 Å². The number of hydrogen-bond donors (Lipinski definition) is 2. The Morgan fingerprint density at radius 1 is 1.31 bits per heavy atom. The summed E-state index contributed by atoms with van der Waals surface area (Å²) in [6, 6.07) is -0.181. The molecule has 0 aromatic heterocycles. The van der Waals surface area contributed by atoms with Crippen LogP contribution in [-0.2, 0) is 9.59 Å². The number of amides is 2. The number of carbonyl (C=O) groups excluding carboxylic acids is 2. The minimum Gasteiger partial charge on any atom is -0.351 e. The molecule has 0 aliphatic heterocycles. The lowest BCUT2D eigenvalue weighted by Crippen LogP contribution is -2.42. The molecule has 4 nitrogen and oxygen atoms in total. The van der Waals surface area contributed by atoms with Gasteiger partial charge in [-0.15, -0.1) is 0 Å². The van der Waals surface area contributed by atoms with Gasteiger partial charge in [0.2, 0.25) is 0 Å². The molecule has 0 bridgehead atoms. The minimum atomic E-state index is -0.838. The molecule has 1 aliphatic carbocycles. The molecule has 2 amide bonds. The Bertz CT molecular complexity index is 220. The minimum absolute atomic E-state index is 0.181. The molecule has 2 unspecified atom stereocenters. The van der Waals surface area contributed by atoms with E-state index in [-0.39, 0.29) is 6.04 Å². The summed E-state index contributed by atoms with van der Waals surface area (Å²) in [5.74, 6) is -1.36. The largest absolute Gasteiger partial charge is 0.351 e. The van der Waals surface area contributed by atoms with Crippen molar-refractivity contribution in [3.05, 3.63) is 0 Å². The summed E-state index contributed by atoms with van der Waals surface area (Å²) in [5.41, 5.74) is 0. The molecule has 2 N–H and O–H groups in total. The molecule has 1 saturated carbocycles. The molecule has 1 fully saturated rings. The van der Waals surface area contributed by atoms with E-state index in [0.29, 0.717) is 19.3 Å². The molecule has 2 atom stereocenters. The SMILES string of the molecule is CNC(=O)C(=O)NC1CCC(F)C1. The van der Waals surface area contributed by atoms with Gasteiger partial charge in [-0.3, -0.25) is 9.59 Å². The second kappa shape index (κ2) is 4.20. The van der Waals surface area contributed by atoms with Crippen LogP contribution in [0.2, 0.25) is 0 Å². The van der Waals surface area contributed by atoms with Crippen LogP contribution in [0.3, 0.4) is 0 Å². The molecule has 0 heterocycles. The zero-order valence-corrected chi connectivity index (χ0v) is 7.47. The molecule has 0 radical (unpaired) electrons. The summed E-state index contributed by atoms with van der Waals surface area (Å²) < 4.78 is 12.7. The van der Waals surface area contributed by atoms with Crippen molar-refractivity contribution in [1.82, 2.24) is 10.6 Å². The third kappa shape index (κ3) is 2.68. The van der Waals surface area contributed by atoms with Crippen LogP contribution in [0, 0.1) is 0 Å². The standard InChI is InChI=1S/C8H13FN2O2/c1-10-7(12)8(13)11-6-3-2-5(9)4-6/h5-6H,2-4H2,1H3,(H,10,12)(H,11,13). The van der Waals surface area contributed by atoms with Gasteiger partial charge in [-0.2, -0.15) is 0 Å². The number of rotatable bonds is 1. The Labute approximate surface area is 75.9 Å². The predicted octanol–water partition coefficient (Wildman–Crippen LogP) is -0.261. The third-order valence-electron chi connectivity index (χ3n) is 2.14. The van der Waals surface area contributed by atoms with E-state index in [1.54, 1.807) is 0 Å². The van der Waals surface area contributed by atoms with E-state index in [0.717, 1.165) is 0 Å². The van der Waals surface area contributed by atoms with Gasteiger partial charge in [0, 0.05) is 13.1 Å². The van der Waals surface area contributed by atoms with Crippen molar-refractivity contribution in [3.63, 3.8) is 0 Å². The fourth-order valence-electron chi connectivity index (χ4n) is 1.42. The molecular formula is C8H13FN2O2. The summed E-state index contributed by atoms with van der Waals surface area (Å²) in [4.78, 5) is 21.8. The first kappa shape index (κ1) is 9.95. The Kier molecular flexibility index (Phi) is 3.22. The summed E-state index contributed by atoms with van der Waals surface area (Å²) in [5, 5.41) is 4.67. The number of carbonyl (C=O) groups is 2. The first-order chi connectivity index (χ1) is 6.13. The van der Waals surface area contributed by atoms with Crippen LogP contribution >= 0.6 is 0 Å². The maximum Gasteiger partial charge on any atom is 0.309 e. The Hall–Kier alpha value is -1.13. The molecule has 0 saturated heterocycles. The fraction of sp³-hybridized carbons (Fsp3) is 0.750. The second-order valence-electron chi connectivity index (χ2n) is 3.16. The smallest absolute Gasteiger partial charge is 0.309 e. The van der Waals surface area contributed by atoms with Gasteiger partial charge in [0.1, 0.15) is 6.17 Å². The number of halogens is 1. The zero-order valence-electron chi connectivity index (χ0n) is 7.47. The van der Waals surface area contributed by atoms with Crippen molar-refractivity contribution >= 4 is 11.8 Å². The first-order valence-electron chi connectivity index (χ1n) is 4.30. The van der Waals surface area contributed by atoms with Crippen LogP contribution in [-0.4, -0.2) is 31.1 Å². The van der Waals surface area contributed by atoms with Gasteiger partial charge >= 0.3 is 11.8 Å². The van der Waals surface area contributed by atoms with Gasteiger partial charge in [0.15, 0.2) is 0 Å². The van der Waals surface area contributed by atoms with Crippen LogP contribution in [0.15, 0.2) is 0 Å². The highest BCUT2D eigenvalue weighted by atomic mass is 19.1. The molecule has 0 aromatic rings. The number of hydrogen-bond acceptors (Lipinski definition) is 2. The summed E-state index contributed by atoms with van der Waals surface area (Å²) in [7, 11) is 1.38. The van der Waals surface area contributed by atoms with Crippen molar-refractivity contribution in [2.75, 3.05) is 7.05 Å². The Morgan fingerprint density at radius 3 is 2.46 bits per heavy atom. The number of nitrogens with one attached hydrogen (secondary N) is 2. The van der Waals surface area contributed by atoms with Gasteiger partial charge in [-0.25, -0.2) is 4.39 Å². The van der Waals surface area contributed by atoms with Gasteiger partial charge in [0.25, 0.3) is 0 Å². The lowest BCUT2D eigenvalue weighted by molar-refractivity contribution is -0.139. The van der Waals surface area contributed by atoms with E-state index < -0.39 is 18.0 Å². The highest BCUT2D eigenvalue weighted by Crippen LogP contribution is 2.21. The topological polar surface area (TPSA) is 58.2 Å². The van der Waals surface area contributed by atoms with Gasteiger partial charge in [-0.05, 0) is 19.3 Å². The third-order valence-corrected chi connectivity index (χ3v) is 2.14. The van der Waals surface area contributed by atoms with Gasteiger partial charge in [-0.1, -0.05) is 0 Å². The van der Waals surface area contributed by atoms with Crippen molar-refractivity contribution in [2.24, 2.45) is 0 Å². The lowest BCUT2D eigenvalue weighted by Gasteiger charge is -2.10. The van der Waals surface area contributed by atoms with Crippen LogP contribution < -0.4 is 10.6 Å². The Morgan fingerprint density at radius 2 is 2.00 bits per heavy atom. The quantitative estimate of drug-likeness (QED) is 0.557. The average Bonchev–Trinajstić information content (AvgIpc) is 2.49. The monoisotopic (exact) mass is 188 g/mol. The highest BCUT2D eigenvalue weighted by molar-refractivity contribution is 6.35. The Balaban J connectivity index is 2.32. The van der Waals surface area contributed by atoms with E-state index in [1.807, 2.05) is 0 Å². The predicted molar refractivity (Wildman–Crippen MR) is 44.7 cm³/mol. The maximum absolute atomic E-state index is 12.7. The van der Waals surface area contributed by atoms with Crippen molar-refractivity contribution in [3.8, 4) is 0 Å². The summed E-state index contributed by atoms with van der Waals surface area (Å²) in [6.07, 6.45) is 0.570. The zero-order chi connectivity index (χ0) is 9.84. The molecule has 13 heavy (non-hydrogen) atoms. The molecular weight excluding hydrogens is 175 g/mol. The van der Waals surface area contributed by atoms with Crippen molar-refractivity contribution in [2.45, 2.75) is 31.5 Å². The molecule has 5 heteroatoms. The fourth-order valence-corrected chi connectivity index (χ4v) is 1.42. The second-order valence-corrected chi connectivity index (χ2v) is 3.16. The first-order valence-corrected chi connectivity index (χ1v) is 4.30. The maximum atomic E-state index is 12.7. The van der Waals surface area contributed by atoms with E-state index in [2.05, 4.69) is 10.6 Å². The molecule has 0 aromatic carbocycles.